The topological polar surface area (TPSA) is 50.5 Å². The lowest BCUT2D eigenvalue weighted by molar-refractivity contribution is 0.125. The van der Waals surface area contributed by atoms with Gasteiger partial charge in [0.25, 0.3) is 0 Å². The smallest absolute Gasteiger partial charge is 0.0863 e. The van der Waals surface area contributed by atoms with E-state index in [-0.39, 0.29) is 6.61 Å². The van der Waals surface area contributed by atoms with Gasteiger partial charge < -0.3 is 9.84 Å². The maximum atomic E-state index is 9.07. The van der Waals surface area contributed by atoms with E-state index in [1.807, 2.05) is 18.7 Å². The van der Waals surface area contributed by atoms with Gasteiger partial charge in [-0.05, 0) is 6.42 Å². The Labute approximate surface area is 113 Å². The van der Waals surface area contributed by atoms with Crippen LogP contribution in [0.5, 0.6) is 0 Å². The summed E-state index contributed by atoms with van der Waals surface area (Å²) in [6, 6.07) is 0. The van der Waals surface area contributed by atoms with Crippen molar-refractivity contribution in [2.75, 3.05) is 33.4 Å². The number of rotatable bonds is 8. The van der Waals surface area contributed by atoms with Crippen molar-refractivity contribution in [3.8, 4) is 0 Å². The Morgan fingerprint density at radius 1 is 1.44 bits per heavy atom. The molecule has 0 amide bonds. The van der Waals surface area contributed by atoms with Gasteiger partial charge in [-0.25, -0.2) is 0 Å². The predicted molar refractivity (Wildman–Crippen MR) is 71.8 cm³/mol. The third kappa shape index (κ3) is 3.95. The summed E-state index contributed by atoms with van der Waals surface area (Å²) in [4.78, 5) is 2.10. The van der Waals surface area contributed by atoms with E-state index in [9.17, 15) is 0 Å². The van der Waals surface area contributed by atoms with Crippen molar-refractivity contribution in [3.05, 3.63) is 16.4 Å². The minimum Gasteiger partial charge on any atom is -0.395 e. The van der Waals surface area contributed by atoms with Crippen LogP contribution < -0.4 is 0 Å². The van der Waals surface area contributed by atoms with E-state index in [1.54, 1.807) is 7.11 Å². The summed E-state index contributed by atoms with van der Waals surface area (Å²) < 4.78 is 6.88. The molecule has 0 fully saturated rings. The highest BCUT2D eigenvalue weighted by Crippen LogP contribution is 2.22. The van der Waals surface area contributed by atoms with Gasteiger partial charge in [-0.2, -0.15) is 5.10 Å². The minimum absolute atomic E-state index is 0.125. The molecule has 5 nitrogen and oxygen atoms in total. The number of hydrogen-bond donors (Lipinski definition) is 1. The predicted octanol–water partition coefficient (Wildman–Crippen LogP) is 1.08. The Morgan fingerprint density at radius 2 is 2.17 bits per heavy atom. The van der Waals surface area contributed by atoms with Crippen LogP contribution in [0.1, 0.15) is 18.3 Å². The van der Waals surface area contributed by atoms with Gasteiger partial charge in [0.1, 0.15) is 0 Å². The lowest BCUT2D eigenvalue weighted by Crippen LogP contribution is -2.30. The quantitative estimate of drug-likeness (QED) is 0.771. The lowest BCUT2D eigenvalue weighted by Gasteiger charge is -2.21. The summed E-state index contributed by atoms with van der Waals surface area (Å²) in [5, 5.41) is 14.2. The van der Waals surface area contributed by atoms with Gasteiger partial charge in [-0.1, -0.05) is 18.5 Å². The summed E-state index contributed by atoms with van der Waals surface area (Å²) >= 11 is 6.30. The first-order valence-electron chi connectivity index (χ1n) is 6.16. The number of ether oxygens (including phenoxy) is 1. The van der Waals surface area contributed by atoms with Crippen LogP contribution in [0, 0.1) is 0 Å². The van der Waals surface area contributed by atoms with Gasteiger partial charge in [-0.15, -0.1) is 0 Å². The number of aromatic nitrogens is 2. The molecule has 0 radical (unpaired) electrons. The molecule has 0 aliphatic heterocycles. The van der Waals surface area contributed by atoms with Crippen molar-refractivity contribution in [2.24, 2.45) is 7.05 Å². The zero-order chi connectivity index (χ0) is 13.5. The summed E-state index contributed by atoms with van der Waals surface area (Å²) in [5.74, 6) is 0. The molecule has 0 saturated heterocycles. The van der Waals surface area contributed by atoms with Crippen molar-refractivity contribution in [1.29, 1.82) is 0 Å². The van der Waals surface area contributed by atoms with Crippen LogP contribution in [0.2, 0.25) is 5.02 Å². The molecular formula is C12H22ClN3O2. The van der Waals surface area contributed by atoms with Crippen LogP contribution in [-0.2, 0) is 24.8 Å². The standard InChI is InChI=1S/C12H22ClN3O2/c1-4-10-12(13)11(15(2)14-10)9-16(5-7-17)6-8-18-3/h17H,4-9H2,1-3H3. The fourth-order valence-corrected chi connectivity index (χ4v) is 2.19. The number of aryl methyl sites for hydroxylation is 2. The second kappa shape index (κ2) is 7.74. The van der Waals surface area contributed by atoms with E-state index in [0.717, 1.165) is 29.4 Å². The molecule has 0 aliphatic rings. The molecular weight excluding hydrogens is 254 g/mol. The Hall–Kier alpha value is -0.620. The number of hydrogen-bond acceptors (Lipinski definition) is 4. The Kier molecular flexibility index (Phi) is 6.63. The van der Waals surface area contributed by atoms with Crippen molar-refractivity contribution >= 4 is 11.6 Å². The molecule has 6 heteroatoms. The van der Waals surface area contributed by atoms with Gasteiger partial charge in [-0.3, -0.25) is 9.58 Å². The van der Waals surface area contributed by atoms with E-state index in [4.69, 9.17) is 21.4 Å². The Morgan fingerprint density at radius 3 is 2.67 bits per heavy atom. The normalized spacial score (nSPS) is 11.4. The van der Waals surface area contributed by atoms with Crippen molar-refractivity contribution in [1.82, 2.24) is 14.7 Å². The molecule has 1 aromatic rings. The summed E-state index contributed by atoms with van der Waals surface area (Å²) in [7, 11) is 3.57. The zero-order valence-corrected chi connectivity index (χ0v) is 12.1. The van der Waals surface area contributed by atoms with Crippen LogP contribution in [-0.4, -0.2) is 53.2 Å². The zero-order valence-electron chi connectivity index (χ0n) is 11.3. The number of halogens is 1. The van der Waals surface area contributed by atoms with Crippen LogP contribution in [0.3, 0.4) is 0 Å². The third-order valence-electron chi connectivity index (χ3n) is 2.90. The molecule has 0 spiro atoms. The SMILES string of the molecule is CCc1nn(C)c(CN(CCO)CCOC)c1Cl. The van der Waals surface area contributed by atoms with E-state index in [1.165, 1.54) is 0 Å². The maximum Gasteiger partial charge on any atom is 0.0863 e. The summed E-state index contributed by atoms with van der Waals surface area (Å²) in [6.07, 6.45) is 0.824. The largest absolute Gasteiger partial charge is 0.395 e. The van der Waals surface area contributed by atoms with Gasteiger partial charge in [0.05, 0.1) is 29.6 Å². The van der Waals surface area contributed by atoms with Gasteiger partial charge in [0.2, 0.25) is 0 Å². The molecule has 0 saturated carbocycles. The molecule has 1 N–H and O–H groups in total. The monoisotopic (exact) mass is 275 g/mol. The molecule has 1 heterocycles. The average Bonchev–Trinajstić information content (AvgIpc) is 2.63. The molecule has 1 rings (SSSR count). The number of aliphatic hydroxyl groups excluding tert-OH is 1. The molecule has 104 valence electrons. The first-order chi connectivity index (χ1) is 8.63. The highest BCUT2D eigenvalue weighted by atomic mass is 35.5. The van der Waals surface area contributed by atoms with Crippen LogP contribution in [0.15, 0.2) is 0 Å². The van der Waals surface area contributed by atoms with Crippen molar-refractivity contribution < 1.29 is 9.84 Å². The second-order valence-electron chi connectivity index (χ2n) is 4.18. The number of nitrogens with zero attached hydrogens (tertiary/aromatic N) is 3. The van der Waals surface area contributed by atoms with Gasteiger partial charge in [0.15, 0.2) is 0 Å². The van der Waals surface area contributed by atoms with E-state index < -0.39 is 0 Å². The first kappa shape index (κ1) is 15.4. The van der Waals surface area contributed by atoms with E-state index in [2.05, 4.69) is 10.00 Å². The number of aliphatic hydroxyl groups is 1. The van der Waals surface area contributed by atoms with Crippen LogP contribution in [0.25, 0.3) is 0 Å². The van der Waals surface area contributed by atoms with Crippen molar-refractivity contribution in [2.45, 2.75) is 19.9 Å². The van der Waals surface area contributed by atoms with Crippen LogP contribution >= 0.6 is 11.6 Å². The lowest BCUT2D eigenvalue weighted by atomic mass is 10.3. The molecule has 0 atom stereocenters. The molecule has 0 aliphatic carbocycles. The molecule has 0 aromatic carbocycles. The van der Waals surface area contributed by atoms with E-state index >= 15 is 0 Å². The third-order valence-corrected chi connectivity index (χ3v) is 3.34. The average molecular weight is 276 g/mol. The molecule has 1 aromatic heterocycles. The van der Waals surface area contributed by atoms with Crippen molar-refractivity contribution in [3.63, 3.8) is 0 Å². The summed E-state index contributed by atoms with van der Waals surface area (Å²) in [5.41, 5.74) is 1.91. The van der Waals surface area contributed by atoms with E-state index in [0.29, 0.717) is 19.7 Å². The highest BCUT2D eigenvalue weighted by molar-refractivity contribution is 6.31. The Bertz CT molecular complexity index is 368. The maximum absolute atomic E-state index is 9.07. The Balaban J connectivity index is 2.76. The molecule has 0 bridgehead atoms. The fourth-order valence-electron chi connectivity index (χ4n) is 1.84. The summed E-state index contributed by atoms with van der Waals surface area (Å²) in [6.45, 7) is 4.84. The highest BCUT2D eigenvalue weighted by Gasteiger charge is 2.15. The fraction of sp³-hybridized carbons (Fsp3) is 0.750. The first-order valence-corrected chi connectivity index (χ1v) is 6.54. The van der Waals surface area contributed by atoms with Gasteiger partial charge >= 0.3 is 0 Å². The molecule has 0 unspecified atom stereocenters. The van der Waals surface area contributed by atoms with Gasteiger partial charge in [0, 0.05) is 33.8 Å². The minimum atomic E-state index is 0.125. The second-order valence-corrected chi connectivity index (χ2v) is 4.56. The van der Waals surface area contributed by atoms with Crippen LogP contribution in [0.4, 0.5) is 0 Å². The molecule has 18 heavy (non-hydrogen) atoms. The number of methoxy groups -OCH3 is 1.